The number of H-pyrrole nitrogens is 1. The molecule has 2 aromatic heterocycles. The van der Waals surface area contributed by atoms with Crippen LogP contribution >= 0.6 is 15.9 Å². The van der Waals surface area contributed by atoms with Crippen LogP contribution in [0.1, 0.15) is 5.56 Å². The van der Waals surface area contributed by atoms with Crippen molar-refractivity contribution in [2.24, 2.45) is 0 Å². The van der Waals surface area contributed by atoms with Crippen molar-refractivity contribution in [1.29, 1.82) is 0 Å². The summed E-state index contributed by atoms with van der Waals surface area (Å²) in [6, 6.07) is 13.9. The Morgan fingerprint density at radius 1 is 1.09 bits per heavy atom. The average molecular weight is 355 g/mol. The highest BCUT2D eigenvalue weighted by atomic mass is 79.9. The summed E-state index contributed by atoms with van der Waals surface area (Å²) in [6.07, 6.45) is 0. The lowest BCUT2D eigenvalue weighted by atomic mass is 10.1. The van der Waals surface area contributed by atoms with Gasteiger partial charge in [-0.15, -0.1) is 10.2 Å². The molecule has 2 heterocycles. The van der Waals surface area contributed by atoms with Crippen molar-refractivity contribution in [2.75, 3.05) is 0 Å². The summed E-state index contributed by atoms with van der Waals surface area (Å²) in [5, 5.41) is 19.6. The fourth-order valence-electron chi connectivity index (χ4n) is 2.39. The molecule has 4 aromatic rings. The molecule has 0 spiro atoms. The van der Waals surface area contributed by atoms with Crippen molar-refractivity contribution in [1.82, 2.24) is 30.4 Å². The monoisotopic (exact) mass is 354 g/mol. The van der Waals surface area contributed by atoms with Crippen molar-refractivity contribution in [3.05, 3.63) is 52.5 Å². The molecule has 22 heavy (non-hydrogen) atoms. The lowest BCUT2D eigenvalue weighted by molar-refractivity contribution is 0.792. The van der Waals surface area contributed by atoms with Gasteiger partial charge in [0, 0.05) is 10.0 Å². The van der Waals surface area contributed by atoms with E-state index in [0.717, 1.165) is 32.3 Å². The largest absolute Gasteiger partial charge is 0.205 e. The Bertz CT molecular complexity index is 971. The molecule has 108 valence electrons. The van der Waals surface area contributed by atoms with E-state index in [1.54, 1.807) is 4.68 Å². The molecular formula is C15H11BrN6. The Hall–Kier alpha value is -2.54. The smallest absolute Gasteiger partial charge is 0.195 e. The molecule has 0 aliphatic heterocycles. The van der Waals surface area contributed by atoms with Gasteiger partial charge in [-0.2, -0.15) is 15.0 Å². The number of hydrogen-bond donors (Lipinski definition) is 1. The Labute approximate surface area is 134 Å². The van der Waals surface area contributed by atoms with Crippen molar-refractivity contribution < 1.29 is 0 Å². The number of aromatic nitrogens is 6. The summed E-state index contributed by atoms with van der Waals surface area (Å²) >= 11 is 3.48. The minimum absolute atomic E-state index is 0.629. The third kappa shape index (κ3) is 2.10. The first-order valence-electron chi connectivity index (χ1n) is 6.71. The standard InChI is InChI=1S/C15H11BrN6/c1-9-5-6-13-12(7-9)17-21-22(13)15-14(18-20-19-15)10-3-2-4-11(16)8-10/h2-8H,1H3,(H,18,19,20). The highest BCUT2D eigenvalue weighted by Crippen LogP contribution is 2.26. The van der Waals surface area contributed by atoms with E-state index in [-0.39, 0.29) is 0 Å². The number of nitrogens with one attached hydrogen (secondary N) is 1. The zero-order chi connectivity index (χ0) is 15.1. The molecule has 2 aromatic carbocycles. The predicted octanol–water partition coefficient (Wildman–Crippen LogP) is 3.28. The summed E-state index contributed by atoms with van der Waals surface area (Å²) in [4.78, 5) is 0. The minimum Gasteiger partial charge on any atom is -0.195 e. The van der Waals surface area contributed by atoms with Crippen LogP contribution in [0.3, 0.4) is 0 Å². The molecule has 4 rings (SSSR count). The summed E-state index contributed by atoms with van der Waals surface area (Å²) in [5.74, 6) is 0.629. The normalized spacial score (nSPS) is 11.2. The van der Waals surface area contributed by atoms with E-state index in [1.165, 1.54) is 0 Å². The quantitative estimate of drug-likeness (QED) is 0.599. The molecule has 0 saturated heterocycles. The maximum atomic E-state index is 4.26. The number of benzene rings is 2. The van der Waals surface area contributed by atoms with Crippen LogP contribution in [0.25, 0.3) is 28.1 Å². The summed E-state index contributed by atoms with van der Waals surface area (Å²) in [7, 11) is 0. The SMILES string of the molecule is Cc1ccc2c(c1)nnn2-c1n[nH]nc1-c1cccc(Br)c1. The first kappa shape index (κ1) is 13.1. The maximum absolute atomic E-state index is 4.26. The highest BCUT2D eigenvalue weighted by molar-refractivity contribution is 9.10. The van der Waals surface area contributed by atoms with E-state index in [0.29, 0.717) is 5.82 Å². The fourth-order valence-corrected chi connectivity index (χ4v) is 2.79. The Kier molecular flexibility index (Phi) is 3.00. The van der Waals surface area contributed by atoms with Gasteiger partial charge in [-0.05, 0) is 36.8 Å². The molecule has 0 radical (unpaired) electrons. The predicted molar refractivity (Wildman–Crippen MR) is 86.7 cm³/mol. The molecule has 0 atom stereocenters. The van der Waals surface area contributed by atoms with Gasteiger partial charge in [0.2, 0.25) is 5.82 Å². The fraction of sp³-hybridized carbons (Fsp3) is 0.0667. The van der Waals surface area contributed by atoms with Crippen molar-refractivity contribution in [2.45, 2.75) is 6.92 Å². The van der Waals surface area contributed by atoms with E-state index < -0.39 is 0 Å². The number of aromatic amines is 1. The Morgan fingerprint density at radius 3 is 2.86 bits per heavy atom. The number of rotatable bonds is 2. The van der Waals surface area contributed by atoms with Crippen LogP contribution < -0.4 is 0 Å². The third-order valence-electron chi connectivity index (χ3n) is 3.43. The molecule has 0 amide bonds. The average Bonchev–Trinajstić information content (AvgIpc) is 3.12. The van der Waals surface area contributed by atoms with Crippen molar-refractivity contribution in [3.63, 3.8) is 0 Å². The van der Waals surface area contributed by atoms with Crippen LogP contribution in [-0.4, -0.2) is 30.4 Å². The van der Waals surface area contributed by atoms with E-state index >= 15 is 0 Å². The molecule has 6 nitrogen and oxygen atoms in total. The third-order valence-corrected chi connectivity index (χ3v) is 3.92. The lowest BCUT2D eigenvalue weighted by Gasteiger charge is -2.02. The molecule has 0 fully saturated rings. The van der Waals surface area contributed by atoms with E-state index in [4.69, 9.17) is 0 Å². The number of hydrogen-bond acceptors (Lipinski definition) is 4. The summed E-state index contributed by atoms with van der Waals surface area (Å²) in [6.45, 7) is 2.03. The van der Waals surface area contributed by atoms with Gasteiger partial charge in [0.05, 0.1) is 5.52 Å². The van der Waals surface area contributed by atoms with Crippen molar-refractivity contribution in [3.8, 4) is 17.1 Å². The second-order valence-corrected chi connectivity index (χ2v) is 5.92. The number of aryl methyl sites for hydroxylation is 1. The van der Waals surface area contributed by atoms with Crippen LogP contribution in [0.4, 0.5) is 0 Å². The summed E-state index contributed by atoms with van der Waals surface area (Å²) < 4.78 is 2.69. The van der Waals surface area contributed by atoms with Gasteiger partial charge < -0.3 is 0 Å². The Balaban J connectivity index is 1.92. The molecule has 0 unspecified atom stereocenters. The second-order valence-electron chi connectivity index (χ2n) is 5.00. The first-order chi connectivity index (χ1) is 10.7. The topological polar surface area (TPSA) is 72.3 Å². The molecule has 0 saturated carbocycles. The highest BCUT2D eigenvalue weighted by Gasteiger charge is 2.16. The van der Waals surface area contributed by atoms with Gasteiger partial charge in [0.15, 0.2) is 0 Å². The first-order valence-corrected chi connectivity index (χ1v) is 7.51. The molecule has 0 aliphatic carbocycles. The van der Waals surface area contributed by atoms with Crippen LogP contribution in [0, 0.1) is 6.92 Å². The zero-order valence-corrected chi connectivity index (χ0v) is 13.2. The lowest BCUT2D eigenvalue weighted by Crippen LogP contribution is -1.99. The number of halogens is 1. The van der Waals surface area contributed by atoms with Crippen LogP contribution in [0.5, 0.6) is 0 Å². The molecule has 7 heteroatoms. The van der Waals surface area contributed by atoms with E-state index in [2.05, 4.69) is 41.7 Å². The Morgan fingerprint density at radius 2 is 2.00 bits per heavy atom. The minimum atomic E-state index is 0.629. The maximum Gasteiger partial charge on any atom is 0.205 e. The molecule has 0 aliphatic rings. The summed E-state index contributed by atoms with van der Waals surface area (Å²) in [5.41, 5.74) is 4.56. The van der Waals surface area contributed by atoms with Gasteiger partial charge >= 0.3 is 0 Å². The van der Waals surface area contributed by atoms with Crippen molar-refractivity contribution >= 4 is 27.0 Å². The number of nitrogens with zero attached hydrogens (tertiary/aromatic N) is 5. The van der Waals surface area contributed by atoms with E-state index in [9.17, 15) is 0 Å². The zero-order valence-electron chi connectivity index (χ0n) is 11.7. The molecule has 1 N–H and O–H groups in total. The van der Waals surface area contributed by atoms with Gasteiger partial charge in [0.1, 0.15) is 11.2 Å². The molecular weight excluding hydrogens is 344 g/mol. The second kappa shape index (κ2) is 5.03. The number of fused-ring (bicyclic) bond motifs is 1. The van der Waals surface area contributed by atoms with Gasteiger partial charge in [-0.25, -0.2) is 0 Å². The van der Waals surface area contributed by atoms with E-state index in [1.807, 2.05) is 49.4 Å². The van der Waals surface area contributed by atoms with Crippen LogP contribution in [-0.2, 0) is 0 Å². The molecule has 0 bridgehead atoms. The van der Waals surface area contributed by atoms with Gasteiger partial charge in [-0.3, -0.25) is 0 Å². The van der Waals surface area contributed by atoms with Crippen LogP contribution in [0.15, 0.2) is 46.9 Å². The van der Waals surface area contributed by atoms with Gasteiger partial charge in [0.25, 0.3) is 0 Å². The van der Waals surface area contributed by atoms with Gasteiger partial charge in [-0.1, -0.05) is 39.3 Å². The van der Waals surface area contributed by atoms with Crippen LogP contribution in [0.2, 0.25) is 0 Å².